The minimum Gasteiger partial charge on any atom is -0.480 e. The summed E-state index contributed by atoms with van der Waals surface area (Å²) in [6.45, 7) is 0. The largest absolute Gasteiger partial charge is 0.480 e. The van der Waals surface area contributed by atoms with E-state index >= 15 is 0 Å². The molecular weight excluding hydrogens is 188 g/mol. The van der Waals surface area contributed by atoms with Crippen LogP contribution in [-0.2, 0) is 9.59 Å². The van der Waals surface area contributed by atoms with Crippen molar-refractivity contribution in [3.8, 4) is 0 Å². The molecule has 5 heteroatoms. The zero-order valence-electron chi connectivity index (χ0n) is 8.19. The molecule has 0 unspecified atom stereocenters. The molecule has 0 spiro atoms. The van der Waals surface area contributed by atoms with Crippen molar-refractivity contribution in [2.45, 2.75) is 32.1 Å². The predicted molar refractivity (Wildman–Crippen MR) is 48.9 cm³/mol. The minimum atomic E-state index is -1.49. The van der Waals surface area contributed by atoms with E-state index in [4.69, 9.17) is 15.3 Å². The second-order valence-corrected chi connectivity index (χ2v) is 3.25. The Morgan fingerprint density at radius 2 is 1.29 bits per heavy atom. The van der Waals surface area contributed by atoms with Crippen LogP contribution in [0.25, 0.3) is 0 Å². The number of aliphatic hydroxyl groups excluding tert-OH is 1. The molecule has 0 radical (unpaired) electrons. The monoisotopic (exact) mass is 204 g/mol. The van der Waals surface area contributed by atoms with E-state index in [0.29, 0.717) is 12.8 Å². The lowest BCUT2D eigenvalue weighted by molar-refractivity contribution is -0.167. The molecule has 0 aromatic heterocycles. The van der Waals surface area contributed by atoms with Gasteiger partial charge in [0.05, 0.1) is 0 Å². The molecule has 1 aliphatic carbocycles. The molecule has 1 aliphatic rings. The van der Waals surface area contributed by atoms with Crippen LogP contribution < -0.4 is 0 Å². The van der Waals surface area contributed by atoms with Gasteiger partial charge in [0.15, 0.2) is 5.41 Å². The summed E-state index contributed by atoms with van der Waals surface area (Å²) in [6, 6.07) is 0. The van der Waals surface area contributed by atoms with Crippen LogP contribution in [0.4, 0.5) is 0 Å². The fourth-order valence-electron chi connectivity index (χ4n) is 1.67. The molecule has 0 saturated heterocycles. The Morgan fingerprint density at radius 1 is 0.929 bits per heavy atom. The Balaban J connectivity index is 0.000000791. The molecule has 0 aromatic rings. The van der Waals surface area contributed by atoms with Gasteiger partial charge < -0.3 is 15.3 Å². The van der Waals surface area contributed by atoms with Gasteiger partial charge in [-0.25, -0.2) is 0 Å². The van der Waals surface area contributed by atoms with Gasteiger partial charge in [0.2, 0.25) is 0 Å². The van der Waals surface area contributed by atoms with E-state index < -0.39 is 17.4 Å². The summed E-state index contributed by atoms with van der Waals surface area (Å²) < 4.78 is 0. The first kappa shape index (κ1) is 12.9. The summed E-state index contributed by atoms with van der Waals surface area (Å²) >= 11 is 0. The number of hydrogen-bond acceptors (Lipinski definition) is 3. The van der Waals surface area contributed by atoms with E-state index in [-0.39, 0.29) is 12.8 Å². The van der Waals surface area contributed by atoms with Crippen molar-refractivity contribution in [3.63, 3.8) is 0 Å². The van der Waals surface area contributed by atoms with Crippen LogP contribution in [-0.4, -0.2) is 34.4 Å². The standard InChI is InChI=1S/C8H12O4.CH4O/c9-6(10)8(7(11)12)4-2-1-3-5-8;1-2/h1-5H2,(H,9,10)(H,11,12);2H,1H3. The maximum absolute atomic E-state index is 10.7. The van der Waals surface area contributed by atoms with E-state index in [1.165, 1.54) is 0 Å². The van der Waals surface area contributed by atoms with Gasteiger partial charge in [-0.1, -0.05) is 19.3 Å². The van der Waals surface area contributed by atoms with E-state index in [2.05, 4.69) is 0 Å². The normalized spacial score (nSPS) is 19.0. The SMILES string of the molecule is CO.O=C(O)C1(C(=O)O)CCCCC1. The molecule has 0 aromatic carbocycles. The highest BCUT2D eigenvalue weighted by atomic mass is 16.4. The molecule has 0 atom stereocenters. The van der Waals surface area contributed by atoms with Crippen molar-refractivity contribution in [2.24, 2.45) is 5.41 Å². The first-order valence-corrected chi connectivity index (χ1v) is 4.51. The van der Waals surface area contributed by atoms with Gasteiger partial charge in [0.25, 0.3) is 0 Å². The van der Waals surface area contributed by atoms with Crippen LogP contribution in [0.1, 0.15) is 32.1 Å². The third kappa shape index (κ3) is 2.45. The highest BCUT2D eigenvalue weighted by Crippen LogP contribution is 2.36. The molecule has 1 saturated carbocycles. The lowest BCUT2D eigenvalue weighted by atomic mass is 9.74. The molecule has 14 heavy (non-hydrogen) atoms. The number of aliphatic carboxylic acids is 2. The molecule has 0 aliphatic heterocycles. The number of hydrogen-bond donors (Lipinski definition) is 3. The molecule has 82 valence electrons. The van der Waals surface area contributed by atoms with Crippen LogP contribution in [0.2, 0.25) is 0 Å². The molecule has 0 bridgehead atoms. The van der Waals surface area contributed by atoms with Crippen molar-refractivity contribution in [1.29, 1.82) is 0 Å². The second kappa shape index (κ2) is 5.59. The minimum absolute atomic E-state index is 0.275. The average Bonchev–Trinajstić information content (AvgIpc) is 2.21. The second-order valence-electron chi connectivity index (χ2n) is 3.25. The number of carboxylic acids is 2. The van der Waals surface area contributed by atoms with Crippen molar-refractivity contribution in [2.75, 3.05) is 7.11 Å². The van der Waals surface area contributed by atoms with Gasteiger partial charge in [0.1, 0.15) is 0 Å². The zero-order chi connectivity index (χ0) is 11.2. The van der Waals surface area contributed by atoms with Gasteiger partial charge in [-0.05, 0) is 12.8 Å². The van der Waals surface area contributed by atoms with Crippen molar-refractivity contribution >= 4 is 11.9 Å². The van der Waals surface area contributed by atoms with Gasteiger partial charge in [-0.2, -0.15) is 0 Å². The van der Waals surface area contributed by atoms with Gasteiger partial charge in [-0.15, -0.1) is 0 Å². The number of rotatable bonds is 2. The molecule has 3 N–H and O–H groups in total. The highest BCUT2D eigenvalue weighted by Gasteiger charge is 2.46. The summed E-state index contributed by atoms with van der Waals surface area (Å²) in [4.78, 5) is 21.5. The zero-order valence-corrected chi connectivity index (χ0v) is 8.19. The smallest absolute Gasteiger partial charge is 0.321 e. The Hall–Kier alpha value is -1.10. The van der Waals surface area contributed by atoms with Crippen LogP contribution in [0, 0.1) is 5.41 Å². The lowest BCUT2D eigenvalue weighted by Crippen LogP contribution is -2.40. The van der Waals surface area contributed by atoms with Crippen molar-refractivity contribution in [3.05, 3.63) is 0 Å². The highest BCUT2D eigenvalue weighted by molar-refractivity contribution is 5.98. The quantitative estimate of drug-likeness (QED) is 0.576. The molecule has 1 fully saturated rings. The molecule has 0 amide bonds. The third-order valence-electron chi connectivity index (χ3n) is 2.53. The predicted octanol–water partition coefficient (Wildman–Crippen LogP) is 0.715. The average molecular weight is 204 g/mol. The van der Waals surface area contributed by atoms with Gasteiger partial charge >= 0.3 is 11.9 Å². The first-order valence-electron chi connectivity index (χ1n) is 4.51. The summed E-state index contributed by atoms with van der Waals surface area (Å²) in [5.74, 6) is -2.37. The molecule has 5 nitrogen and oxygen atoms in total. The maximum atomic E-state index is 10.7. The van der Waals surface area contributed by atoms with Crippen LogP contribution in [0.15, 0.2) is 0 Å². The first-order chi connectivity index (χ1) is 6.59. The summed E-state index contributed by atoms with van der Waals surface area (Å²) in [7, 11) is 1.00. The van der Waals surface area contributed by atoms with Crippen LogP contribution in [0.5, 0.6) is 0 Å². The van der Waals surface area contributed by atoms with E-state index in [1.54, 1.807) is 0 Å². The topological polar surface area (TPSA) is 94.8 Å². The molecule has 0 heterocycles. The van der Waals surface area contributed by atoms with E-state index in [0.717, 1.165) is 13.5 Å². The summed E-state index contributed by atoms with van der Waals surface area (Å²) in [6.07, 6.45) is 2.91. The Morgan fingerprint density at radius 3 is 1.50 bits per heavy atom. The fraction of sp³-hybridized carbons (Fsp3) is 0.778. The van der Waals surface area contributed by atoms with Gasteiger partial charge in [0, 0.05) is 7.11 Å². The van der Waals surface area contributed by atoms with Crippen molar-refractivity contribution in [1.82, 2.24) is 0 Å². The van der Waals surface area contributed by atoms with Crippen LogP contribution >= 0.6 is 0 Å². The summed E-state index contributed by atoms with van der Waals surface area (Å²) in [5, 5.41) is 24.6. The molecule has 1 rings (SSSR count). The number of carbonyl (C=O) groups is 2. The lowest BCUT2D eigenvalue weighted by Gasteiger charge is -2.28. The van der Waals surface area contributed by atoms with Crippen LogP contribution in [0.3, 0.4) is 0 Å². The van der Waals surface area contributed by atoms with Gasteiger partial charge in [-0.3, -0.25) is 9.59 Å². The number of carboxylic acid groups (broad SMARTS) is 2. The molecular formula is C9H16O5. The van der Waals surface area contributed by atoms with E-state index in [1.807, 2.05) is 0 Å². The van der Waals surface area contributed by atoms with E-state index in [9.17, 15) is 9.59 Å². The van der Waals surface area contributed by atoms with Crippen molar-refractivity contribution < 1.29 is 24.9 Å². The Labute approximate surface area is 82.4 Å². The Bertz CT molecular complexity index is 189. The maximum Gasteiger partial charge on any atom is 0.321 e. The number of aliphatic hydroxyl groups is 1. The third-order valence-corrected chi connectivity index (χ3v) is 2.53. The fourth-order valence-corrected chi connectivity index (χ4v) is 1.67. The summed E-state index contributed by atoms with van der Waals surface area (Å²) in [5.41, 5.74) is -1.49. The Kier molecular flexibility index (Phi) is 5.15.